The van der Waals surface area contributed by atoms with Crippen molar-refractivity contribution in [3.8, 4) is 0 Å². The number of ether oxygens (including phenoxy) is 2. The Hall–Kier alpha value is -1.70. The lowest BCUT2D eigenvalue weighted by Crippen LogP contribution is -2.60. The summed E-state index contributed by atoms with van der Waals surface area (Å²) < 4.78 is 24.1. The minimum atomic E-state index is -1.62. The normalized spacial score (nSPS) is 22.3. The summed E-state index contributed by atoms with van der Waals surface area (Å²) in [4.78, 5) is 12.9. The van der Waals surface area contributed by atoms with Gasteiger partial charge in [-0.15, -0.1) is 0 Å². The number of hydrogen-bond acceptors (Lipinski definition) is 9. The molecule has 10 nitrogen and oxygen atoms in total. The molecular formula is C41H72FNO9. The molecule has 0 saturated carbocycles. The molecule has 2 rings (SSSR count). The van der Waals surface area contributed by atoms with Gasteiger partial charge in [-0.25, -0.2) is 4.39 Å². The lowest BCUT2D eigenvalue weighted by atomic mass is 9.98. The molecule has 0 radical (unpaired) electrons. The number of unbranched alkanes of at least 4 members (excludes halogenated alkanes) is 18. The van der Waals surface area contributed by atoms with E-state index in [1.807, 2.05) is 12.1 Å². The minimum Gasteiger partial charge on any atom is -0.394 e. The summed E-state index contributed by atoms with van der Waals surface area (Å²) in [5.74, 6) is -0.502. The van der Waals surface area contributed by atoms with Crippen molar-refractivity contribution in [2.24, 2.45) is 0 Å². The Labute approximate surface area is 312 Å². The molecule has 1 aliphatic rings. The van der Waals surface area contributed by atoms with Gasteiger partial charge >= 0.3 is 0 Å². The van der Waals surface area contributed by atoms with Crippen molar-refractivity contribution in [3.05, 3.63) is 35.6 Å². The van der Waals surface area contributed by atoms with Gasteiger partial charge in [0.05, 0.1) is 25.4 Å². The zero-order valence-electron chi connectivity index (χ0n) is 31.9. The second-order valence-electron chi connectivity index (χ2n) is 14.9. The first-order valence-electron chi connectivity index (χ1n) is 20.5. The largest absolute Gasteiger partial charge is 0.394 e. The van der Waals surface area contributed by atoms with Crippen molar-refractivity contribution in [2.75, 3.05) is 13.2 Å². The van der Waals surface area contributed by atoms with E-state index in [-0.39, 0.29) is 24.8 Å². The smallest absolute Gasteiger partial charge is 0.220 e. The molecule has 1 amide bonds. The van der Waals surface area contributed by atoms with Crippen LogP contribution in [0.25, 0.3) is 0 Å². The van der Waals surface area contributed by atoms with Gasteiger partial charge in [-0.2, -0.15) is 0 Å². The van der Waals surface area contributed by atoms with Crippen LogP contribution in [0.15, 0.2) is 24.3 Å². The number of carbonyl (C=O) groups excluding carboxylic acids is 1. The lowest BCUT2D eigenvalue weighted by Gasteiger charge is -2.40. The summed E-state index contributed by atoms with van der Waals surface area (Å²) in [6.07, 6.45) is 14.1. The monoisotopic (exact) mass is 742 g/mol. The second-order valence-corrected chi connectivity index (χ2v) is 14.9. The first kappa shape index (κ1) is 46.5. The predicted octanol–water partition coefficient (Wildman–Crippen LogP) is 5.99. The molecule has 1 aromatic carbocycles. The van der Waals surface area contributed by atoms with Crippen LogP contribution in [0, 0.1) is 5.82 Å². The first-order valence-corrected chi connectivity index (χ1v) is 20.5. The van der Waals surface area contributed by atoms with Gasteiger partial charge in [0.25, 0.3) is 0 Å². The quantitative estimate of drug-likeness (QED) is 0.0452. The van der Waals surface area contributed by atoms with E-state index in [1.54, 1.807) is 0 Å². The van der Waals surface area contributed by atoms with E-state index in [4.69, 9.17) is 9.47 Å². The summed E-state index contributed by atoms with van der Waals surface area (Å²) in [5, 5.41) is 64.9. The molecule has 1 aliphatic heterocycles. The maximum atomic E-state index is 13.0. The van der Waals surface area contributed by atoms with Gasteiger partial charge in [0.1, 0.15) is 36.3 Å². The van der Waals surface area contributed by atoms with E-state index in [1.165, 1.54) is 63.5 Å². The Morgan fingerprint density at radius 3 is 1.83 bits per heavy atom. The highest BCUT2D eigenvalue weighted by Crippen LogP contribution is 2.23. The fourth-order valence-corrected chi connectivity index (χ4v) is 6.87. The standard InChI is InChI=1S/C41H72FNO9/c1-2-3-4-5-6-7-8-9-10-14-17-20-23-34(45)37(47)33(30-51-41-40(50)39(49)38(48)35(29-44)52-41)43-36(46)24-21-18-15-12-11-13-16-19-22-31-25-27-32(42)28-26-31/h25-28,33-35,37-41,44-45,47-50H,2-24,29-30H2,1H3,(H,43,46)/t33-,34+,35+,37-,38-,39-,40+,41-/m0/s1. The highest BCUT2D eigenvalue weighted by atomic mass is 19.1. The van der Waals surface area contributed by atoms with Gasteiger partial charge in [0, 0.05) is 6.42 Å². The number of halogens is 1. The van der Waals surface area contributed by atoms with Crippen molar-refractivity contribution in [2.45, 2.75) is 204 Å². The molecule has 1 heterocycles. The Balaban J connectivity index is 1.72. The van der Waals surface area contributed by atoms with Crippen molar-refractivity contribution >= 4 is 5.91 Å². The van der Waals surface area contributed by atoms with Gasteiger partial charge in [-0.05, 0) is 43.4 Å². The third-order valence-electron chi connectivity index (χ3n) is 10.3. The fourth-order valence-electron chi connectivity index (χ4n) is 6.87. The highest BCUT2D eigenvalue weighted by Gasteiger charge is 2.44. The molecule has 52 heavy (non-hydrogen) atoms. The van der Waals surface area contributed by atoms with Crippen LogP contribution in [0.5, 0.6) is 0 Å². The number of aryl methyl sites for hydroxylation is 1. The number of aliphatic hydroxyl groups is 6. The van der Waals surface area contributed by atoms with E-state index in [2.05, 4.69) is 12.2 Å². The molecule has 0 unspecified atom stereocenters. The van der Waals surface area contributed by atoms with Crippen LogP contribution < -0.4 is 5.32 Å². The number of carbonyl (C=O) groups is 1. The van der Waals surface area contributed by atoms with Crippen LogP contribution >= 0.6 is 0 Å². The summed E-state index contributed by atoms with van der Waals surface area (Å²) in [7, 11) is 0. The van der Waals surface area contributed by atoms with E-state index in [0.717, 1.165) is 82.6 Å². The van der Waals surface area contributed by atoms with Gasteiger partial charge in [-0.1, -0.05) is 135 Å². The Morgan fingerprint density at radius 1 is 0.750 bits per heavy atom. The Bertz CT molecular complexity index is 1020. The SMILES string of the molecule is CCCCCCCCCCCCCC[C@@H](O)[C@@H](O)[C@H](CO[C@H]1O[C@H](CO)[C@H](O)[C@H](O)[C@H]1O)NC(=O)CCCCCCCCCCc1ccc(F)cc1. The molecule has 7 N–H and O–H groups in total. The van der Waals surface area contributed by atoms with Crippen molar-refractivity contribution in [1.82, 2.24) is 5.32 Å². The Kier molecular flexibility index (Phi) is 25.6. The first-order chi connectivity index (χ1) is 25.2. The molecule has 0 aromatic heterocycles. The summed E-state index contributed by atoms with van der Waals surface area (Å²) in [5.41, 5.74) is 1.16. The molecule has 0 bridgehead atoms. The number of aliphatic hydroxyl groups excluding tert-OH is 6. The van der Waals surface area contributed by atoms with Crippen molar-refractivity contribution in [3.63, 3.8) is 0 Å². The number of rotatable bonds is 31. The van der Waals surface area contributed by atoms with Crippen LogP contribution in [0.1, 0.15) is 154 Å². The molecule has 11 heteroatoms. The molecule has 8 atom stereocenters. The zero-order valence-corrected chi connectivity index (χ0v) is 31.9. The second kappa shape index (κ2) is 28.7. The third kappa shape index (κ3) is 19.6. The number of hydrogen-bond donors (Lipinski definition) is 7. The zero-order chi connectivity index (χ0) is 38.0. The van der Waals surface area contributed by atoms with Gasteiger partial charge < -0.3 is 45.4 Å². The van der Waals surface area contributed by atoms with E-state index in [9.17, 15) is 39.8 Å². The maximum Gasteiger partial charge on any atom is 0.220 e. The number of nitrogens with one attached hydrogen (secondary N) is 1. The minimum absolute atomic E-state index is 0.210. The van der Waals surface area contributed by atoms with Crippen molar-refractivity contribution < 1.29 is 49.3 Å². The summed E-state index contributed by atoms with van der Waals surface area (Å²) >= 11 is 0. The van der Waals surface area contributed by atoms with Crippen LogP contribution in [-0.4, -0.2) is 98.7 Å². The van der Waals surface area contributed by atoms with E-state index < -0.39 is 55.6 Å². The summed E-state index contributed by atoms with van der Waals surface area (Å²) in [6, 6.07) is 5.66. The lowest BCUT2D eigenvalue weighted by molar-refractivity contribution is -0.303. The number of benzene rings is 1. The molecular weight excluding hydrogens is 669 g/mol. The Morgan fingerprint density at radius 2 is 1.27 bits per heavy atom. The van der Waals surface area contributed by atoms with Crippen molar-refractivity contribution in [1.29, 1.82) is 0 Å². The molecule has 1 saturated heterocycles. The average Bonchev–Trinajstić information content (AvgIpc) is 3.14. The molecule has 1 aromatic rings. The molecule has 0 spiro atoms. The highest BCUT2D eigenvalue weighted by molar-refractivity contribution is 5.76. The van der Waals surface area contributed by atoms with E-state index >= 15 is 0 Å². The van der Waals surface area contributed by atoms with E-state index in [0.29, 0.717) is 12.8 Å². The average molecular weight is 742 g/mol. The molecule has 302 valence electrons. The maximum absolute atomic E-state index is 13.0. The van der Waals surface area contributed by atoms with Crippen LogP contribution in [0.3, 0.4) is 0 Å². The van der Waals surface area contributed by atoms with Gasteiger partial charge in [-0.3, -0.25) is 4.79 Å². The fraction of sp³-hybridized carbons (Fsp3) is 0.829. The van der Waals surface area contributed by atoms with Crippen LogP contribution in [0.4, 0.5) is 4.39 Å². The summed E-state index contributed by atoms with van der Waals surface area (Å²) in [6.45, 7) is 1.29. The predicted molar refractivity (Wildman–Crippen MR) is 201 cm³/mol. The molecule has 0 aliphatic carbocycles. The topological polar surface area (TPSA) is 169 Å². The number of amides is 1. The third-order valence-corrected chi connectivity index (χ3v) is 10.3. The van der Waals surface area contributed by atoms with Crippen LogP contribution in [0.2, 0.25) is 0 Å². The molecule has 1 fully saturated rings. The van der Waals surface area contributed by atoms with Gasteiger partial charge in [0.2, 0.25) is 5.91 Å². The van der Waals surface area contributed by atoms with Crippen LogP contribution in [-0.2, 0) is 20.7 Å². The van der Waals surface area contributed by atoms with Gasteiger partial charge in [0.15, 0.2) is 6.29 Å².